The highest BCUT2D eigenvalue weighted by molar-refractivity contribution is 6.15. The third-order valence-electron chi connectivity index (χ3n) is 3.72. The van der Waals surface area contributed by atoms with Crippen molar-refractivity contribution in [2.24, 2.45) is 0 Å². The normalized spacial score (nSPS) is 16.0. The third-order valence-corrected chi connectivity index (χ3v) is 3.72. The van der Waals surface area contributed by atoms with Gasteiger partial charge in [0.05, 0.1) is 11.7 Å². The number of fused-ring (bicyclic) bond motifs is 2. The zero-order chi connectivity index (χ0) is 13.5. The van der Waals surface area contributed by atoms with Crippen molar-refractivity contribution in [1.82, 2.24) is 9.61 Å². The zero-order valence-corrected chi connectivity index (χ0v) is 10.8. The molecule has 0 bridgehead atoms. The summed E-state index contributed by atoms with van der Waals surface area (Å²) in [7, 11) is 0. The molecule has 3 heteroatoms. The second-order valence-corrected chi connectivity index (χ2v) is 4.96. The molecule has 0 atom stereocenters. The first-order valence-corrected chi connectivity index (χ1v) is 6.58. The summed E-state index contributed by atoms with van der Waals surface area (Å²) in [6.45, 7) is 0. The molecule has 0 N–H and O–H groups in total. The molecule has 0 aliphatic heterocycles. The highest BCUT2D eigenvalue weighted by Crippen LogP contribution is 2.28. The number of carbonyl (C=O) groups excluding carboxylic acids is 1. The summed E-state index contributed by atoms with van der Waals surface area (Å²) >= 11 is 0. The Kier molecular flexibility index (Phi) is 2.33. The maximum atomic E-state index is 12.4. The van der Waals surface area contributed by atoms with Crippen molar-refractivity contribution >= 4 is 17.4 Å². The van der Waals surface area contributed by atoms with Gasteiger partial charge < -0.3 is 0 Å². The topological polar surface area (TPSA) is 34.4 Å². The van der Waals surface area contributed by atoms with Crippen molar-refractivity contribution in [3.05, 3.63) is 77.1 Å². The number of hydrogen-bond donors (Lipinski definition) is 0. The Hall–Kier alpha value is -2.68. The maximum absolute atomic E-state index is 12.4. The van der Waals surface area contributed by atoms with Crippen molar-refractivity contribution in [2.45, 2.75) is 6.42 Å². The molecule has 2 aromatic heterocycles. The van der Waals surface area contributed by atoms with Crippen LogP contribution in [0, 0.1) is 0 Å². The first-order chi connectivity index (χ1) is 9.83. The van der Waals surface area contributed by atoms with Crippen LogP contribution in [0.25, 0.3) is 11.6 Å². The lowest BCUT2D eigenvalue weighted by Gasteiger charge is -1.95. The Morgan fingerprint density at radius 1 is 1.10 bits per heavy atom. The molecule has 20 heavy (non-hydrogen) atoms. The number of ketones is 1. The van der Waals surface area contributed by atoms with Crippen molar-refractivity contribution in [3.63, 3.8) is 0 Å². The van der Waals surface area contributed by atoms with Crippen LogP contribution < -0.4 is 0 Å². The van der Waals surface area contributed by atoms with Gasteiger partial charge in [0.1, 0.15) is 0 Å². The third kappa shape index (κ3) is 1.60. The molecule has 0 saturated carbocycles. The van der Waals surface area contributed by atoms with Crippen molar-refractivity contribution in [3.8, 4) is 0 Å². The largest absolute Gasteiger partial charge is 0.289 e. The highest BCUT2D eigenvalue weighted by Gasteiger charge is 2.24. The van der Waals surface area contributed by atoms with Crippen LogP contribution in [0.1, 0.15) is 21.5 Å². The summed E-state index contributed by atoms with van der Waals surface area (Å²) in [6, 6.07) is 13.7. The van der Waals surface area contributed by atoms with Gasteiger partial charge in [0.2, 0.25) is 0 Å². The number of Topliss-reactive ketones (excluding diaryl/α,β-unsaturated/α-hetero) is 1. The second-order valence-electron chi connectivity index (χ2n) is 4.96. The van der Waals surface area contributed by atoms with E-state index in [-0.39, 0.29) is 5.78 Å². The minimum absolute atomic E-state index is 0.135. The number of aromatic nitrogens is 2. The molecule has 1 aromatic carbocycles. The van der Waals surface area contributed by atoms with Crippen molar-refractivity contribution in [2.75, 3.05) is 0 Å². The van der Waals surface area contributed by atoms with Gasteiger partial charge in [-0.1, -0.05) is 30.3 Å². The van der Waals surface area contributed by atoms with E-state index in [9.17, 15) is 4.79 Å². The zero-order valence-electron chi connectivity index (χ0n) is 10.8. The molecular formula is C17H12N2O. The SMILES string of the molecule is O=C1/C(=C/c2cnn3ccccc23)Cc2ccccc21. The lowest BCUT2D eigenvalue weighted by molar-refractivity contribution is 0.104. The van der Waals surface area contributed by atoms with Gasteiger partial charge in [0.25, 0.3) is 0 Å². The number of rotatable bonds is 1. The van der Waals surface area contributed by atoms with Crippen LogP contribution in [-0.4, -0.2) is 15.4 Å². The molecule has 2 heterocycles. The molecule has 0 saturated heterocycles. The standard InChI is InChI=1S/C17H12N2O/c20-17-13(9-12-5-1-2-6-15(12)17)10-14-11-18-19-8-4-3-7-16(14)19/h1-8,10-11H,9H2/b13-10+. The fraction of sp³-hybridized carbons (Fsp3) is 0.0588. The van der Waals surface area contributed by atoms with Crippen LogP contribution in [0.2, 0.25) is 0 Å². The molecule has 1 aliphatic carbocycles. The molecule has 4 rings (SSSR count). The van der Waals surface area contributed by atoms with E-state index in [4.69, 9.17) is 0 Å². The molecule has 0 unspecified atom stereocenters. The van der Waals surface area contributed by atoms with E-state index in [1.165, 1.54) is 0 Å². The fourth-order valence-electron chi connectivity index (χ4n) is 2.72. The molecule has 3 nitrogen and oxygen atoms in total. The predicted molar refractivity (Wildman–Crippen MR) is 77.6 cm³/mol. The van der Waals surface area contributed by atoms with Gasteiger partial charge in [-0.05, 0) is 23.8 Å². The second kappa shape index (κ2) is 4.17. The van der Waals surface area contributed by atoms with Gasteiger partial charge in [0, 0.05) is 29.3 Å². The number of nitrogens with zero attached hydrogens (tertiary/aromatic N) is 2. The molecule has 3 aromatic rings. The van der Waals surface area contributed by atoms with E-state index < -0.39 is 0 Å². The van der Waals surface area contributed by atoms with E-state index in [0.29, 0.717) is 6.42 Å². The molecular weight excluding hydrogens is 248 g/mol. The van der Waals surface area contributed by atoms with Gasteiger partial charge in [-0.25, -0.2) is 4.52 Å². The first-order valence-electron chi connectivity index (χ1n) is 6.58. The van der Waals surface area contributed by atoms with E-state index in [0.717, 1.165) is 27.8 Å². The Morgan fingerprint density at radius 3 is 2.85 bits per heavy atom. The quantitative estimate of drug-likeness (QED) is 0.630. The monoisotopic (exact) mass is 260 g/mol. The summed E-state index contributed by atoms with van der Waals surface area (Å²) in [5.74, 6) is 0.135. The average Bonchev–Trinajstić information content (AvgIpc) is 3.03. The smallest absolute Gasteiger partial charge is 0.189 e. The van der Waals surface area contributed by atoms with Gasteiger partial charge in [-0.2, -0.15) is 5.10 Å². The summed E-state index contributed by atoms with van der Waals surface area (Å²) in [5.41, 5.74) is 4.78. The minimum Gasteiger partial charge on any atom is -0.289 e. The molecule has 0 radical (unpaired) electrons. The first kappa shape index (κ1) is 11.2. The van der Waals surface area contributed by atoms with Crippen LogP contribution in [-0.2, 0) is 6.42 Å². The van der Waals surface area contributed by atoms with E-state index >= 15 is 0 Å². The van der Waals surface area contributed by atoms with Crippen LogP contribution in [0.5, 0.6) is 0 Å². The van der Waals surface area contributed by atoms with Gasteiger partial charge >= 0.3 is 0 Å². The molecule has 1 aliphatic rings. The Labute approximate surface area is 116 Å². The minimum atomic E-state index is 0.135. The Bertz CT molecular complexity index is 858. The molecule has 96 valence electrons. The van der Waals surface area contributed by atoms with Crippen molar-refractivity contribution < 1.29 is 4.79 Å². The molecule has 0 fully saturated rings. The average molecular weight is 260 g/mol. The number of pyridine rings is 1. The Morgan fingerprint density at radius 2 is 1.95 bits per heavy atom. The number of benzene rings is 1. The maximum Gasteiger partial charge on any atom is 0.189 e. The summed E-state index contributed by atoms with van der Waals surface area (Å²) in [4.78, 5) is 12.4. The predicted octanol–water partition coefficient (Wildman–Crippen LogP) is 3.16. The number of carbonyl (C=O) groups is 1. The fourth-order valence-corrected chi connectivity index (χ4v) is 2.72. The van der Waals surface area contributed by atoms with Gasteiger partial charge in [-0.15, -0.1) is 0 Å². The number of allylic oxidation sites excluding steroid dienone is 1. The van der Waals surface area contributed by atoms with Gasteiger partial charge in [-0.3, -0.25) is 4.79 Å². The van der Waals surface area contributed by atoms with E-state index in [1.54, 1.807) is 6.20 Å². The van der Waals surface area contributed by atoms with Gasteiger partial charge in [0.15, 0.2) is 5.78 Å². The van der Waals surface area contributed by atoms with Crippen LogP contribution in [0.3, 0.4) is 0 Å². The van der Waals surface area contributed by atoms with E-state index in [1.807, 2.05) is 59.3 Å². The van der Waals surface area contributed by atoms with Crippen LogP contribution in [0.15, 0.2) is 60.4 Å². The lowest BCUT2D eigenvalue weighted by atomic mass is 10.1. The summed E-state index contributed by atoms with van der Waals surface area (Å²) in [6.07, 6.45) is 6.38. The summed E-state index contributed by atoms with van der Waals surface area (Å²) in [5, 5.41) is 4.30. The van der Waals surface area contributed by atoms with Crippen molar-refractivity contribution in [1.29, 1.82) is 0 Å². The van der Waals surface area contributed by atoms with Crippen LogP contribution >= 0.6 is 0 Å². The molecule has 0 spiro atoms. The Balaban J connectivity index is 1.81. The summed E-state index contributed by atoms with van der Waals surface area (Å²) < 4.78 is 1.82. The van der Waals surface area contributed by atoms with E-state index in [2.05, 4.69) is 5.10 Å². The molecule has 0 amide bonds. The highest BCUT2D eigenvalue weighted by atomic mass is 16.1. The lowest BCUT2D eigenvalue weighted by Crippen LogP contribution is -1.94. The van der Waals surface area contributed by atoms with Crippen LogP contribution in [0.4, 0.5) is 0 Å². The number of hydrogen-bond acceptors (Lipinski definition) is 2.